The van der Waals surface area contributed by atoms with Gasteiger partial charge in [-0.05, 0) is 18.9 Å². The highest BCUT2D eigenvalue weighted by Crippen LogP contribution is 2.34. The fraction of sp³-hybridized carbons (Fsp3) is 0.429. The predicted molar refractivity (Wildman–Crippen MR) is 79.1 cm³/mol. The molecule has 1 saturated heterocycles. The largest absolute Gasteiger partial charge is 0.250 e. The molecule has 1 fully saturated rings. The van der Waals surface area contributed by atoms with Crippen molar-refractivity contribution in [3.8, 4) is 0 Å². The smallest absolute Gasteiger partial charge is 0.0637 e. The van der Waals surface area contributed by atoms with Crippen LogP contribution >= 0.6 is 22.9 Å². The van der Waals surface area contributed by atoms with Gasteiger partial charge in [-0.25, -0.2) is 10.4 Å². The first-order valence-corrected chi connectivity index (χ1v) is 7.68. The lowest BCUT2D eigenvalue weighted by Crippen LogP contribution is -2.40. The monoisotopic (exact) mass is 280 g/mol. The number of hydrazine groups is 1. The van der Waals surface area contributed by atoms with Gasteiger partial charge in [0.1, 0.15) is 0 Å². The van der Waals surface area contributed by atoms with Crippen LogP contribution in [0, 0.1) is 0 Å². The first-order valence-electron chi connectivity index (χ1n) is 6.49. The number of hydrogen-bond acceptors (Lipinski definition) is 3. The molecule has 1 aromatic heterocycles. The van der Waals surface area contributed by atoms with Gasteiger partial charge in [0.15, 0.2) is 0 Å². The normalized spacial score (nSPS) is 17.4. The summed E-state index contributed by atoms with van der Waals surface area (Å²) in [5.74, 6) is 0. The quantitative estimate of drug-likeness (QED) is 0.913. The highest BCUT2D eigenvalue weighted by Gasteiger charge is 2.13. The summed E-state index contributed by atoms with van der Waals surface area (Å²) >= 11 is 8.22. The third-order valence-corrected chi connectivity index (χ3v) is 5.14. The van der Waals surface area contributed by atoms with Crippen molar-refractivity contribution >= 4 is 33.0 Å². The molecule has 0 spiro atoms. The number of rotatable bonds is 3. The average Bonchev–Trinajstić information content (AvgIpc) is 2.75. The number of halogens is 1. The second kappa shape index (κ2) is 5.57. The molecule has 1 N–H and O–H groups in total. The first kappa shape index (κ1) is 12.4. The maximum atomic E-state index is 6.43. The highest BCUT2D eigenvalue weighted by molar-refractivity contribution is 7.19. The van der Waals surface area contributed by atoms with Gasteiger partial charge in [0, 0.05) is 34.6 Å². The van der Waals surface area contributed by atoms with Gasteiger partial charge in [-0.15, -0.1) is 11.3 Å². The number of piperidine rings is 1. The molecule has 1 aliphatic rings. The summed E-state index contributed by atoms with van der Waals surface area (Å²) < 4.78 is 1.28. The van der Waals surface area contributed by atoms with E-state index in [2.05, 4.69) is 28.6 Å². The molecule has 3 rings (SSSR count). The predicted octanol–water partition coefficient (Wildman–Crippen LogP) is 4.05. The molecule has 2 nitrogen and oxygen atoms in total. The Morgan fingerprint density at radius 3 is 2.72 bits per heavy atom. The molecular weight excluding hydrogens is 264 g/mol. The lowest BCUT2D eigenvalue weighted by Gasteiger charge is -2.26. The van der Waals surface area contributed by atoms with Crippen LogP contribution in [0.15, 0.2) is 24.3 Å². The Morgan fingerprint density at radius 1 is 1.17 bits per heavy atom. The van der Waals surface area contributed by atoms with Crippen molar-refractivity contribution in [3.63, 3.8) is 0 Å². The Morgan fingerprint density at radius 2 is 1.94 bits per heavy atom. The first-order chi connectivity index (χ1) is 8.84. The van der Waals surface area contributed by atoms with Crippen molar-refractivity contribution in [2.75, 3.05) is 13.1 Å². The molecule has 1 aliphatic heterocycles. The standard InChI is InChI=1S/C14H17ClN2S/c15-14-11-6-2-3-7-12(11)18-13(14)10-16-17-8-4-1-5-9-17/h2-3,6-7,16H,1,4-5,8-10H2. The average molecular weight is 281 g/mol. The van der Waals surface area contributed by atoms with Crippen molar-refractivity contribution in [1.29, 1.82) is 0 Å². The van der Waals surface area contributed by atoms with Gasteiger partial charge in [-0.3, -0.25) is 0 Å². The van der Waals surface area contributed by atoms with Crippen LogP contribution in [0.1, 0.15) is 24.1 Å². The van der Waals surface area contributed by atoms with Gasteiger partial charge in [0.25, 0.3) is 0 Å². The van der Waals surface area contributed by atoms with E-state index in [1.54, 1.807) is 11.3 Å². The van der Waals surface area contributed by atoms with E-state index in [0.29, 0.717) is 0 Å². The second-order valence-electron chi connectivity index (χ2n) is 4.72. The Balaban J connectivity index is 1.72. The van der Waals surface area contributed by atoms with E-state index < -0.39 is 0 Å². The Labute approximate surface area is 117 Å². The number of fused-ring (bicyclic) bond motifs is 1. The lowest BCUT2D eigenvalue weighted by molar-refractivity contribution is 0.152. The number of nitrogens with one attached hydrogen (secondary N) is 1. The number of nitrogens with zero attached hydrogens (tertiary/aromatic N) is 1. The summed E-state index contributed by atoms with van der Waals surface area (Å²) in [7, 11) is 0. The minimum Gasteiger partial charge on any atom is -0.250 e. The van der Waals surface area contributed by atoms with E-state index in [0.717, 1.165) is 24.7 Å². The van der Waals surface area contributed by atoms with Gasteiger partial charge in [-0.1, -0.05) is 36.2 Å². The maximum Gasteiger partial charge on any atom is 0.0637 e. The molecule has 1 aromatic carbocycles. The third-order valence-electron chi connectivity index (χ3n) is 3.42. The van der Waals surface area contributed by atoms with Crippen LogP contribution in [-0.4, -0.2) is 18.1 Å². The van der Waals surface area contributed by atoms with E-state index in [1.165, 1.54) is 34.2 Å². The molecule has 0 unspecified atom stereocenters. The van der Waals surface area contributed by atoms with Crippen molar-refractivity contribution in [3.05, 3.63) is 34.2 Å². The molecule has 96 valence electrons. The summed E-state index contributed by atoms with van der Waals surface area (Å²) in [4.78, 5) is 1.24. The Hall–Kier alpha value is -0.610. The van der Waals surface area contributed by atoms with Gasteiger partial charge >= 0.3 is 0 Å². The Bertz CT molecular complexity index is 532. The maximum absolute atomic E-state index is 6.43. The molecule has 18 heavy (non-hydrogen) atoms. The summed E-state index contributed by atoms with van der Waals surface area (Å²) in [5, 5.41) is 4.42. The van der Waals surface area contributed by atoms with Crippen LogP contribution in [0.5, 0.6) is 0 Å². The molecule has 4 heteroatoms. The number of benzene rings is 1. The molecule has 0 radical (unpaired) electrons. The van der Waals surface area contributed by atoms with Crippen molar-refractivity contribution < 1.29 is 0 Å². The zero-order valence-electron chi connectivity index (χ0n) is 10.3. The minimum atomic E-state index is 0.845. The summed E-state index contributed by atoms with van der Waals surface area (Å²) in [6.07, 6.45) is 3.96. The molecule has 0 aliphatic carbocycles. The number of hydrogen-bond donors (Lipinski definition) is 1. The molecule has 2 aromatic rings. The molecule has 2 heterocycles. The molecule has 0 atom stereocenters. The number of thiophene rings is 1. The van der Waals surface area contributed by atoms with E-state index in [9.17, 15) is 0 Å². The highest BCUT2D eigenvalue weighted by atomic mass is 35.5. The Kier molecular flexibility index (Phi) is 3.85. The van der Waals surface area contributed by atoms with Crippen LogP contribution in [0.2, 0.25) is 5.02 Å². The van der Waals surface area contributed by atoms with Gasteiger partial charge in [0.05, 0.1) is 5.02 Å². The molecule has 0 bridgehead atoms. The molecule has 0 amide bonds. The zero-order valence-corrected chi connectivity index (χ0v) is 11.9. The fourth-order valence-electron chi connectivity index (χ4n) is 2.41. The molecular formula is C14H17ClN2S. The minimum absolute atomic E-state index is 0.845. The van der Waals surface area contributed by atoms with E-state index in [4.69, 9.17) is 11.6 Å². The van der Waals surface area contributed by atoms with Gasteiger partial charge < -0.3 is 0 Å². The van der Waals surface area contributed by atoms with Crippen LogP contribution in [0.25, 0.3) is 10.1 Å². The lowest BCUT2D eigenvalue weighted by atomic mass is 10.2. The fourth-order valence-corrected chi connectivity index (χ4v) is 3.85. The van der Waals surface area contributed by atoms with Crippen molar-refractivity contribution in [2.45, 2.75) is 25.8 Å². The summed E-state index contributed by atoms with van der Waals surface area (Å²) in [6, 6.07) is 8.34. The van der Waals surface area contributed by atoms with E-state index in [-0.39, 0.29) is 0 Å². The van der Waals surface area contributed by atoms with E-state index in [1.807, 2.05) is 6.07 Å². The van der Waals surface area contributed by atoms with Crippen molar-refractivity contribution in [2.24, 2.45) is 0 Å². The van der Waals surface area contributed by atoms with E-state index >= 15 is 0 Å². The van der Waals surface area contributed by atoms with Crippen LogP contribution < -0.4 is 5.43 Å². The van der Waals surface area contributed by atoms with Gasteiger partial charge in [0.2, 0.25) is 0 Å². The zero-order chi connectivity index (χ0) is 12.4. The topological polar surface area (TPSA) is 15.3 Å². The SMILES string of the molecule is Clc1c(CNN2CCCCC2)sc2ccccc12. The summed E-state index contributed by atoms with van der Waals surface area (Å²) in [5.41, 5.74) is 3.50. The summed E-state index contributed by atoms with van der Waals surface area (Å²) in [6.45, 7) is 3.16. The third kappa shape index (κ3) is 2.54. The van der Waals surface area contributed by atoms with Crippen molar-refractivity contribution in [1.82, 2.24) is 10.4 Å². The van der Waals surface area contributed by atoms with Gasteiger partial charge in [-0.2, -0.15) is 0 Å². The van der Waals surface area contributed by atoms with Crippen LogP contribution in [-0.2, 0) is 6.54 Å². The second-order valence-corrected chi connectivity index (χ2v) is 6.23. The molecule has 0 saturated carbocycles. The van der Waals surface area contributed by atoms with Crippen LogP contribution in [0.3, 0.4) is 0 Å². The van der Waals surface area contributed by atoms with Crippen LogP contribution in [0.4, 0.5) is 0 Å².